The minimum absolute atomic E-state index is 0.0187. The normalized spacial score (nSPS) is 24.3. The van der Waals surface area contributed by atoms with Crippen LogP contribution in [0, 0.1) is 0 Å². The Morgan fingerprint density at radius 3 is 2.77 bits per heavy atom. The van der Waals surface area contributed by atoms with Gasteiger partial charge in [-0.3, -0.25) is 14.6 Å². The van der Waals surface area contributed by atoms with Crippen molar-refractivity contribution in [3.8, 4) is 0 Å². The molecule has 0 aromatic heterocycles. The number of fused-ring (bicyclic) bond motifs is 2. The van der Waals surface area contributed by atoms with Crippen molar-refractivity contribution in [2.45, 2.75) is 56.7 Å². The molecule has 0 spiro atoms. The molecule has 156 valence electrons. The van der Waals surface area contributed by atoms with E-state index in [-0.39, 0.29) is 36.5 Å². The first-order chi connectivity index (χ1) is 14.7. The molecule has 0 bridgehead atoms. The third-order valence-electron chi connectivity index (χ3n) is 6.42. The molecule has 30 heavy (non-hydrogen) atoms. The Balaban J connectivity index is 1.26. The number of nitrogens with zero attached hydrogens (tertiary/aromatic N) is 3. The van der Waals surface area contributed by atoms with Crippen molar-refractivity contribution >= 4 is 28.9 Å². The molecule has 2 heterocycles. The fourth-order valence-corrected chi connectivity index (χ4v) is 4.87. The SMILES string of the molecule is O=C(CN1N=CN2NC(c3cccc4ccccc34)CC2C1=O)NC1CCCCC1. The highest BCUT2D eigenvalue weighted by Gasteiger charge is 2.41. The molecule has 1 saturated heterocycles. The van der Waals surface area contributed by atoms with E-state index in [0.717, 1.165) is 25.7 Å². The fourth-order valence-electron chi connectivity index (χ4n) is 4.87. The van der Waals surface area contributed by atoms with Crippen LogP contribution in [-0.4, -0.2) is 46.8 Å². The monoisotopic (exact) mass is 405 g/mol. The number of nitrogens with one attached hydrogen (secondary N) is 2. The Morgan fingerprint density at radius 1 is 1.10 bits per heavy atom. The number of hydrazine groups is 1. The molecule has 2 aromatic carbocycles. The van der Waals surface area contributed by atoms with Gasteiger partial charge in [-0.2, -0.15) is 5.10 Å². The van der Waals surface area contributed by atoms with Crippen LogP contribution in [0.5, 0.6) is 0 Å². The average Bonchev–Trinajstić information content (AvgIpc) is 3.21. The maximum Gasteiger partial charge on any atom is 0.267 e. The second-order valence-corrected chi connectivity index (χ2v) is 8.44. The number of carbonyl (C=O) groups is 2. The Kier molecular flexibility index (Phi) is 5.12. The van der Waals surface area contributed by atoms with E-state index in [0.29, 0.717) is 6.42 Å². The van der Waals surface area contributed by atoms with E-state index in [4.69, 9.17) is 0 Å². The third-order valence-corrected chi connectivity index (χ3v) is 6.42. The van der Waals surface area contributed by atoms with Crippen LogP contribution in [0.3, 0.4) is 0 Å². The number of hydrogen-bond donors (Lipinski definition) is 2. The quantitative estimate of drug-likeness (QED) is 0.820. The molecule has 2 fully saturated rings. The number of carbonyl (C=O) groups excluding carboxylic acids is 2. The molecular formula is C23H27N5O2. The van der Waals surface area contributed by atoms with Crippen LogP contribution >= 0.6 is 0 Å². The lowest BCUT2D eigenvalue weighted by Crippen LogP contribution is -2.53. The largest absolute Gasteiger partial charge is 0.352 e. The van der Waals surface area contributed by atoms with Gasteiger partial charge in [0.2, 0.25) is 5.91 Å². The first-order valence-electron chi connectivity index (χ1n) is 10.9. The predicted molar refractivity (Wildman–Crippen MR) is 115 cm³/mol. The molecule has 7 heteroatoms. The molecule has 2 aromatic rings. The van der Waals surface area contributed by atoms with Crippen LogP contribution < -0.4 is 10.7 Å². The van der Waals surface area contributed by atoms with Crippen LogP contribution in [0.15, 0.2) is 47.6 Å². The molecule has 3 aliphatic rings. The summed E-state index contributed by atoms with van der Waals surface area (Å²) in [5, 5.41) is 12.8. The Labute approximate surface area is 176 Å². The Bertz CT molecular complexity index is 979. The van der Waals surface area contributed by atoms with Gasteiger partial charge < -0.3 is 5.32 Å². The molecule has 1 saturated carbocycles. The van der Waals surface area contributed by atoms with Crippen LogP contribution in [0.4, 0.5) is 0 Å². The van der Waals surface area contributed by atoms with Crippen molar-refractivity contribution in [1.82, 2.24) is 20.8 Å². The smallest absolute Gasteiger partial charge is 0.267 e. The van der Waals surface area contributed by atoms with E-state index in [1.165, 1.54) is 27.8 Å². The lowest BCUT2D eigenvalue weighted by atomic mass is 9.95. The highest BCUT2D eigenvalue weighted by molar-refractivity contribution is 5.91. The molecule has 2 atom stereocenters. The predicted octanol–water partition coefficient (Wildman–Crippen LogP) is 2.69. The molecule has 2 amide bonds. The van der Waals surface area contributed by atoms with Gasteiger partial charge in [0.15, 0.2) is 0 Å². The van der Waals surface area contributed by atoms with Crippen molar-refractivity contribution in [1.29, 1.82) is 0 Å². The summed E-state index contributed by atoms with van der Waals surface area (Å²) in [5.41, 5.74) is 4.58. The number of rotatable bonds is 4. The standard InChI is InChI=1S/C23H27N5O2/c29-22(25-17-9-2-1-3-10-17)14-27-23(30)21-13-20(26-28(21)15-24-27)19-12-6-8-16-7-4-5-11-18(16)19/h4-8,11-12,15,17,20-21,26H,1-3,9-10,13-14H2,(H,25,29). The first-order valence-corrected chi connectivity index (χ1v) is 10.9. The van der Waals surface area contributed by atoms with Crippen LogP contribution in [0.25, 0.3) is 10.8 Å². The summed E-state index contributed by atoms with van der Waals surface area (Å²) in [6.45, 7) is -0.0187. The molecule has 2 unspecified atom stereocenters. The van der Waals surface area contributed by atoms with E-state index in [1.807, 2.05) is 12.1 Å². The zero-order chi connectivity index (χ0) is 20.5. The molecule has 1 aliphatic carbocycles. The van der Waals surface area contributed by atoms with Gasteiger partial charge in [-0.05, 0) is 35.6 Å². The summed E-state index contributed by atoms with van der Waals surface area (Å²) >= 11 is 0. The highest BCUT2D eigenvalue weighted by atomic mass is 16.2. The molecular weight excluding hydrogens is 378 g/mol. The van der Waals surface area contributed by atoms with Gasteiger partial charge in [-0.1, -0.05) is 61.7 Å². The van der Waals surface area contributed by atoms with Gasteiger partial charge >= 0.3 is 0 Å². The molecule has 0 radical (unpaired) electrons. The fraction of sp³-hybridized carbons (Fsp3) is 0.435. The van der Waals surface area contributed by atoms with E-state index in [1.54, 1.807) is 11.3 Å². The van der Waals surface area contributed by atoms with E-state index < -0.39 is 0 Å². The van der Waals surface area contributed by atoms with Gasteiger partial charge in [-0.15, -0.1) is 0 Å². The number of amides is 2. The van der Waals surface area contributed by atoms with Crippen LogP contribution in [-0.2, 0) is 9.59 Å². The summed E-state index contributed by atoms with van der Waals surface area (Å²) in [6, 6.07) is 14.4. The second kappa shape index (κ2) is 8.07. The minimum Gasteiger partial charge on any atom is -0.352 e. The van der Waals surface area contributed by atoms with Crippen LogP contribution in [0.2, 0.25) is 0 Å². The van der Waals surface area contributed by atoms with Gasteiger partial charge in [0.25, 0.3) is 5.91 Å². The Morgan fingerprint density at radius 2 is 1.90 bits per heavy atom. The van der Waals surface area contributed by atoms with Crippen molar-refractivity contribution in [2.24, 2.45) is 5.10 Å². The van der Waals surface area contributed by atoms with Crippen LogP contribution in [0.1, 0.15) is 50.1 Å². The molecule has 7 nitrogen and oxygen atoms in total. The Hall–Kier alpha value is -2.93. The van der Waals surface area contributed by atoms with Crippen molar-refractivity contribution in [3.05, 3.63) is 48.0 Å². The first kappa shape index (κ1) is 19.1. The maximum absolute atomic E-state index is 13.0. The summed E-state index contributed by atoms with van der Waals surface area (Å²) < 4.78 is 0. The van der Waals surface area contributed by atoms with Crippen molar-refractivity contribution < 1.29 is 9.59 Å². The number of hydrazone groups is 1. The summed E-state index contributed by atoms with van der Waals surface area (Å²) in [5.74, 6) is -0.260. The van der Waals surface area contributed by atoms with E-state index in [9.17, 15) is 9.59 Å². The topological polar surface area (TPSA) is 77.0 Å². The number of benzene rings is 2. The lowest BCUT2D eigenvalue weighted by molar-refractivity contribution is -0.140. The minimum atomic E-state index is -0.353. The summed E-state index contributed by atoms with van der Waals surface area (Å²) in [7, 11) is 0. The van der Waals surface area contributed by atoms with E-state index >= 15 is 0 Å². The lowest BCUT2D eigenvalue weighted by Gasteiger charge is -2.30. The zero-order valence-corrected chi connectivity index (χ0v) is 17.0. The zero-order valence-electron chi connectivity index (χ0n) is 17.0. The molecule has 2 N–H and O–H groups in total. The summed E-state index contributed by atoms with van der Waals surface area (Å²) in [4.78, 5) is 25.5. The number of hydrogen-bond acceptors (Lipinski definition) is 5. The summed E-state index contributed by atoms with van der Waals surface area (Å²) in [6.07, 6.45) is 7.87. The van der Waals surface area contributed by atoms with Gasteiger partial charge in [0.1, 0.15) is 18.9 Å². The molecule has 2 aliphatic heterocycles. The molecule has 5 rings (SSSR count). The highest BCUT2D eigenvalue weighted by Crippen LogP contribution is 2.33. The van der Waals surface area contributed by atoms with Gasteiger partial charge in [-0.25, -0.2) is 10.4 Å². The second-order valence-electron chi connectivity index (χ2n) is 8.44. The average molecular weight is 406 g/mol. The van der Waals surface area contributed by atoms with Gasteiger partial charge in [0.05, 0.1) is 6.04 Å². The third kappa shape index (κ3) is 3.65. The van der Waals surface area contributed by atoms with Crippen molar-refractivity contribution in [2.75, 3.05) is 6.54 Å². The maximum atomic E-state index is 13.0. The van der Waals surface area contributed by atoms with Crippen molar-refractivity contribution in [3.63, 3.8) is 0 Å². The van der Waals surface area contributed by atoms with E-state index in [2.05, 4.69) is 46.2 Å². The van der Waals surface area contributed by atoms with Gasteiger partial charge in [0, 0.05) is 6.04 Å².